The largest absolute Gasteiger partial charge is 0.396 e. The zero-order valence-electron chi connectivity index (χ0n) is 8.19. The Bertz CT molecular complexity index is 183. The number of nitrogens with zero attached hydrogens (tertiary/aromatic N) is 1. The van der Waals surface area contributed by atoms with Crippen LogP contribution in [0.15, 0.2) is 0 Å². The molecule has 14 heavy (non-hydrogen) atoms. The zero-order chi connectivity index (χ0) is 10.4. The van der Waals surface area contributed by atoms with Gasteiger partial charge in [0, 0.05) is 19.7 Å². The van der Waals surface area contributed by atoms with Gasteiger partial charge in [-0.1, -0.05) is 0 Å². The van der Waals surface area contributed by atoms with Gasteiger partial charge in [-0.05, 0) is 31.8 Å². The minimum Gasteiger partial charge on any atom is -0.396 e. The number of hydrogen-bond donors (Lipinski definition) is 3. The van der Waals surface area contributed by atoms with Crippen molar-refractivity contribution in [3.8, 4) is 0 Å². The van der Waals surface area contributed by atoms with Crippen LogP contribution in [-0.2, 0) is 11.3 Å². The Morgan fingerprint density at radius 3 is 2.57 bits per heavy atom. The fraction of sp³-hybridized carbons (Fsp3) is 1.00. The highest BCUT2D eigenvalue weighted by Crippen LogP contribution is 2.15. The number of likely N-dealkylation sites (tertiary alicyclic amines) is 1. The van der Waals surface area contributed by atoms with Gasteiger partial charge in [-0.25, -0.2) is 8.93 Å². The van der Waals surface area contributed by atoms with Crippen molar-refractivity contribution >= 4 is 11.3 Å². The second-order valence-corrected chi connectivity index (χ2v) is 4.40. The van der Waals surface area contributed by atoms with Gasteiger partial charge in [0.15, 0.2) is 0 Å². The lowest BCUT2D eigenvalue weighted by molar-refractivity contribution is 0.133. The summed E-state index contributed by atoms with van der Waals surface area (Å²) in [6.07, 6.45) is 2.05. The lowest BCUT2D eigenvalue weighted by Gasteiger charge is -2.30. The van der Waals surface area contributed by atoms with Gasteiger partial charge in [-0.3, -0.25) is 4.55 Å². The molecule has 0 saturated carbocycles. The van der Waals surface area contributed by atoms with E-state index in [-0.39, 0.29) is 6.61 Å². The molecule has 84 valence electrons. The Labute approximate surface area is 86.9 Å². The molecule has 1 heterocycles. The van der Waals surface area contributed by atoms with Crippen LogP contribution in [-0.4, -0.2) is 51.6 Å². The SMILES string of the molecule is O=S(O)NCCN1CCC(CO)CC1. The third kappa shape index (κ3) is 4.47. The molecule has 0 spiro atoms. The summed E-state index contributed by atoms with van der Waals surface area (Å²) in [4.78, 5) is 2.24. The van der Waals surface area contributed by atoms with Crippen LogP contribution < -0.4 is 4.72 Å². The Kier molecular flexibility index (Phi) is 5.57. The minimum absolute atomic E-state index is 0.284. The third-order valence-corrected chi connectivity index (χ3v) is 3.07. The van der Waals surface area contributed by atoms with Crippen molar-refractivity contribution in [2.75, 3.05) is 32.8 Å². The molecule has 0 amide bonds. The summed E-state index contributed by atoms with van der Waals surface area (Å²) < 4.78 is 21.2. The zero-order valence-corrected chi connectivity index (χ0v) is 9.00. The van der Waals surface area contributed by atoms with Crippen molar-refractivity contribution in [3.05, 3.63) is 0 Å². The van der Waals surface area contributed by atoms with Crippen LogP contribution in [0.3, 0.4) is 0 Å². The molecule has 0 aromatic carbocycles. The third-order valence-electron chi connectivity index (χ3n) is 2.62. The van der Waals surface area contributed by atoms with E-state index < -0.39 is 11.3 Å². The summed E-state index contributed by atoms with van der Waals surface area (Å²) in [7, 11) is 0. The van der Waals surface area contributed by atoms with Crippen LogP contribution >= 0.6 is 0 Å². The molecular weight excluding hydrogens is 204 g/mol. The molecule has 1 fully saturated rings. The predicted octanol–water partition coefficient (Wildman–Crippen LogP) is -0.583. The summed E-state index contributed by atoms with van der Waals surface area (Å²) in [5.74, 6) is 0.450. The smallest absolute Gasteiger partial charge is 0.231 e. The van der Waals surface area contributed by atoms with Crippen LogP contribution in [0.1, 0.15) is 12.8 Å². The van der Waals surface area contributed by atoms with E-state index in [4.69, 9.17) is 9.66 Å². The summed E-state index contributed by atoms with van der Waals surface area (Å²) in [6.45, 7) is 3.57. The number of rotatable bonds is 5. The standard InChI is InChI=1S/C8H18N2O3S/c11-7-8-1-4-10(5-2-8)6-3-9-14(12)13/h8-9,11H,1-7H2,(H,12,13). The van der Waals surface area contributed by atoms with E-state index in [1.54, 1.807) is 0 Å². The highest BCUT2D eigenvalue weighted by Gasteiger charge is 2.17. The molecule has 0 aromatic heterocycles. The van der Waals surface area contributed by atoms with E-state index in [1.807, 2.05) is 0 Å². The van der Waals surface area contributed by atoms with Gasteiger partial charge in [0.1, 0.15) is 0 Å². The fourth-order valence-electron chi connectivity index (χ4n) is 1.68. The molecule has 1 saturated heterocycles. The molecular formula is C8H18N2O3S. The molecule has 5 nitrogen and oxygen atoms in total. The van der Waals surface area contributed by atoms with Gasteiger partial charge >= 0.3 is 0 Å². The molecule has 1 aliphatic heterocycles. The maximum absolute atomic E-state index is 10.3. The fourth-order valence-corrected chi connectivity index (χ4v) is 1.95. The highest BCUT2D eigenvalue weighted by atomic mass is 32.2. The van der Waals surface area contributed by atoms with Crippen molar-refractivity contribution in [1.29, 1.82) is 0 Å². The van der Waals surface area contributed by atoms with Crippen LogP contribution in [0.25, 0.3) is 0 Å². The van der Waals surface area contributed by atoms with Gasteiger partial charge in [0.25, 0.3) is 0 Å². The monoisotopic (exact) mass is 222 g/mol. The second kappa shape index (κ2) is 6.47. The number of piperidine rings is 1. The van der Waals surface area contributed by atoms with Crippen molar-refractivity contribution in [3.63, 3.8) is 0 Å². The van der Waals surface area contributed by atoms with Gasteiger partial charge in [-0.2, -0.15) is 0 Å². The van der Waals surface area contributed by atoms with E-state index in [1.165, 1.54) is 0 Å². The first-order chi connectivity index (χ1) is 6.72. The highest BCUT2D eigenvalue weighted by molar-refractivity contribution is 7.77. The first-order valence-electron chi connectivity index (χ1n) is 4.90. The van der Waals surface area contributed by atoms with E-state index in [0.717, 1.165) is 32.5 Å². The van der Waals surface area contributed by atoms with Crippen molar-refractivity contribution < 1.29 is 13.9 Å². The average Bonchev–Trinajstić information content (AvgIpc) is 2.18. The van der Waals surface area contributed by atoms with Crippen LogP contribution in [0.2, 0.25) is 0 Å². The topological polar surface area (TPSA) is 72.8 Å². The molecule has 3 N–H and O–H groups in total. The molecule has 1 aliphatic rings. The van der Waals surface area contributed by atoms with Crippen LogP contribution in [0.5, 0.6) is 0 Å². The van der Waals surface area contributed by atoms with E-state index in [0.29, 0.717) is 12.5 Å². The Morgan fingerprint density at radius 1 is 1.43 bits per heavy atom. The van der Waals surface area contributed by atoms with Gasteiger partial charge < -0.3 is 10.0 Å². The Morgan fingerprint density at radius 2 is 2.07 bits per heavy atom. The molecule has 1 atom stereocenters. The summed E-state index contributed by atoms with van der Waals surface area (Å²) in [6, 6.07) is 0. The molecule has 1 unspecified atom stereocenters. The molecule has 1 rings (SSSR count). The summed E-state index contributed by atoms with van der Waals surface area (Å²) in [5.41, 5.74) is 0. The van der Waals surface area contributed by atoms with Gasteiger partial charge in [0.05, 0.1) is 0 Å². The Balaban J connectivity index is 2.07. The van der Waals surface area contributed by atoms with E-state index in [2.05, 4.69) is 9.62 Å². The van der Waals surface area contributed by atoms with E-state index in [9.17, 15) is 4.21 Å². The molecule has 6 heteroatoms. The van der Waals surface area contributed by atoms with Crippen molar-refractivity contribution in [1.82, 2.24) is 9.62 Å². The predicted molar refractivity (Wildman–Crippen MR) is 55.0 cm³/mol. The number of aliphatic hydroxyl groups is 1. The molecule has 0 radical (unpaired) electrons. The van der Waals surface area contributed by atoms with Crippen molar-refractivity contribution in [2.45, 2.75) is 12.8 Å². The van der Waals surface area contributed by atoms with E-state index >= 15 is 0 Å². The van der Waals surface area contributed by atoms with Crippen LogP contribution in [0, 0.1) is 5.92 Å². The maximum atomic E-state index is 10.3. The maximum Gasteiger partial charge on any atom is 0.231 e. The van der Waals surface area contributed by atoms with Gasteiger partial charge in [-0.15, -0.1) is 0 Å². The number of hydrogen-bond acceptors (Lipinski definition) is 3. The molecule has 0 bridgehead atoms. The summed E-state index contributed by atoms with van der Waals surface area (Å²) >= 11 is -1.90. The first kappa shape index (κ1) is 12.1. The number of aliphatic hydroxyl groups excluding tert-OH is 1. The van der Waals surface area contributed by atoms with Crippen molar-refractivity contribution in [2.24, 2.45) is 5.92 Å². The second-order valence-electron chi connectivity index (χ2n) is 3.61. The lowest BCUT2D eigenvalue weighted by Crippen LogP contribution is -2.39. The average molecular weight is 222 g/mol. The lowest BCUT2D eigenvalue weighted by atomic mass is 9.98. The normalized spacial score (nSPS) is 22.4. The number of nitrogens with one attached hydrogen (secondary N) is 1. The van der Waals surface area contributed by atoms with Crippen LogP contribution in [0.4, 0.5) is 0 Å². The quantitative estimate of drug-likeness (QED) is 0.544. The first-order valence-corrected chi connectivity index (χ1v) is 6.00. The van der Waals surface area contributed by atoms with Gasteiger partial charge in [0.2, 0.25) is 11.3 Å². The molecule has 0 aromatic rings. The Hall–Kier alpha value is -0.0100. The minimum atomic E-state index is -1.90. The molecule has 0 aliphatic carbocycles. The summed E-state index contributed by atoms with van der Waals surface area (Å²) in [5, 5.41) is 8.92.